The molecule has 6 N–H and O–H groups in total. The summed E-state index contributed by atoms with van der Waals surface area (Å²) in [6.45, 7) is 11.9. The molecule has 0 fully saturated rings. The van der Waals surface area contributed by atoms with Gasteiger partial charge >= 0.3 is 0 Å². The Morgan fingerprint density at radius 3 is 1.80 bits per heavy atom. The second-order valence-corrected chi connectivity index (χ2v) is 12.9. The first-order valence-corrected chi connectivity index (χ1v) is 17.7. The van der Waals surface area contributed by atoms with Gasteiger partial charge in [0.15, 0.2) is 11.5 Å². The lowest BCUT2D eigenvalue weighted by Gasteiger charge is -2.22. The minimum atomic E-state index is -0.581. The number of carbonyl (C=O) groups is 3. The number of ether oxygens (including phenoxy) is 2. The first kappa shape index (κ1) is 35.9. The van der Waals surface area contributed by atoms with Gasteiger partial charge in [0.25, 0.3) is 11.8 Å². The number of hydrogen-bond donors (Lipinski definition) is 4. The molecule has 1 aliphatic heterocycles. The summed E-state index contributed by atoms with van der Waals surface area (Å²) in [5, 5.41) is 14.8. The molecule has 3 amide bonds. The highest BCUT2D eigenvalue weighted by Crippen LogP contribution is 2.42. The quantitative estimate of drug-likeness (QED) is 0.133. The molecule has 0 atom stereocenters. The van der Waals surface area contributed by atoms with Crippen LogP contribution in [0, 0.1) is 20.8 Å². The highest BCUT2D eigenvalue weighted by atomic mass is 16.6. The Labute approximate surface area is 309 Å². The van der Waals surface area contributed by atoms with Gasteiger partial charge in [0.1, 0.15) is 30.1 Å². The lowest BCUT2D eigenvalue weighted by molar-refractivity contribution is 0.0994. The van der Waals surface area contributed by atoms with Gasteiger partial charge < -0.3 is 30.1 Å². The Kier molecular flexibility index (Phi) is 9.64. The average molecular weight is 735 g/mol. The number of fused-ring (bicyclic) bond motifs is 4. The van der Waals surface area contributed by atoms with Crippen molar-refractivity contribution in [3.63, 3.8) is 0 Å². The van der Waals surface area contributed by atoms with Gasteiger partial charge in [-0.1, -0.05) is 12.2 Å². The second kappa shape index (κ2) is 14.5. The van der Waals surface area contributed by atoms with Crippen molar-refractivity contribution < 1.29 is 23.9 Å². The first-order chi connectivity index (χ1) is 26.0. The number of rotatable bonds is 12. The summed E-state index contributed by atoms with van der Waals surface area (Å²) < 4.78 is 19.1. The van der Waals surface area contributed by atoms with Crippen molar-refractivity contribution in [1.29, 1.82) is 0 Å². The number of primary amides is 1. The van der Waals surface area contributed by atoms with Crippen LogP contribution < -0.4 is 31.6 Å². The summed E-state index contributed by atoms with van der Waals surface area (Å²) >= 11 is 0. The van der Waals surface area contributed by atoms with Crippen LogP contribution in [0.1, 0.15) is 67.7 Å². The highest BCUT2D eigenvalue weighted by Gasteiger charge is 2.26. The first-order valence-electron chi connectivity index (χ1n) is 17.7. The Bertz CT molecular complexity index is 2480. The zero-order chi connectivity index (χ0) is 38.3. The van der Waals surface area contributed by atoms with E-state index in [9.17, 15) is 14.4 Å². The maximum Gasteiger partial charge on any atom is 0.276 e. The molecular formula is C37H42N12O5. The second-order valence-electron chi connectivity index (χ2n) is 12.9. The minimum Gasteiger partial charge on any atom is -0.486 e. The van der Waals surface area contributed by atoms with E-state index >= 15 is 0 Å². The molecule has 0 bridgehead atoms. The largest absolute Gasteiger partial charge is 0.486 e. The summed E-state index contributed by atoms with van der Waals surface area (Å²) in [7, 11) is 0. The fraction of sp³-hybridized carbons (Fsp3) is 0.324. The van der Waals surface area contributed by atoms with Crippen molar-refractivity contribution in [3.05, 3.63) is 81.9 Å². The Morgan fingerprint density at radius 1 is 0.759 bits per heavy atom. The van der Waals surface area contributed by atoms with Crippen LogP contribution in [-0.4, -0.2) is 69.6 Å². The van der Waals surface area contributed by atoms with Crippen molar-refractivity contribution in [2.45, 2.75) is 67.3 Å². The molecule has 0 aliphatic carbocycles. The number of amides is 3. The van der Waals surface area contributed by atoms with E-state index in [2.05, 4.69) is 20.8 Å². The molecule has 7 rings (SSSR count). The number of aryl methyl sites for hydroxylation is 5. The fourth-order valence-electron chi connectivity index (χ4n) is 6.82. The van der Waals surface area contributed by atoms with E-state index in [0.29, 0.717) is 82.9 Å². The number of anilines is 2. The topological polar surface area (TPSA) is 217 Å². The zero-order valence-corrected chi connectivity index (χ0v) is 30.8. The molecule has 5 heterocycles. The molecule has 2 aromatic carbocycles. The summed E-state index contributed by atoms with van der Waals surface area (Å²) in [5.74, 6) is 0.312. The monoisotopic (exact) mass is 734 g/mol. The molecule has 54 heavy (non-hydrogen) atoms. The van der Waals surface area contributed by atoms with E-state index in [-0.39, 0.29) is 37.4 Å². The molecule has 0 radical (unpaired) electrons. The van der Waals surface area contributed by atoms with E-state index in [1.807, 2.05) is 62.0 Å². The summed E-state index contributed by atoms with van der Waals surface area (Å²) in [6, 6.07) is 8.61. The third-order valence-electron chi connectivity index (χ3n) is 9.19. The number of nitrogens with zero attached hydrogens (tertiary/aromatic N) is 8. The van der Waals surface area contributed by atoms with E-state index < -0.39 is 5.91 Å². The molecule has 4 aromatic heterocycles. The number of allylic oxidation sites excluding steroid dienone is 2. The van der Waals surface area contributed by atoms with Gasteiger partial charge in [-0.25, -0.2) is 9.97 Å². The maximum atomic E-state index is 13.6. The average Bonchev–Trinajstić information content (AvgIpc) is 3.92. The molecule has 17 nitrogen and oxygen atoms in total. The molecular weight excluding hydrogens is 692 g/mol. The summed E-state index contributed by atoms with van der Waals surface area (Å²) in [6.07, 6.45) is 3.84. The van der Waals surface area contributed by atoms with Gasteiger partial charge in [0.05, 0.1) is 27.9 Å². The SMILES string of the molecule is CCn1nc(C)cc1C(=O)Nc1nc2cc(C(N)=O)cc(C)c2n1C/C=C/Cn1c(NC(=O)c2cc(C)nn2CC)nc2cc(CN)c3c(c21)OCCO3. The molecule has 1 aliphatic rings. The number of nitrogens with two attached hydrogens (primary N) is 2. The van der Waals surface area contributed by atoms with Crippen molar-refractivity contribution in [2.24, 2.45) is 11.5 Å². The minimum absolute atomic E-state index is 0.212. The number of hydrogen-bond acceptors (Lipinski definition) is 10. The normalized spacial score (nSPS) is 12.6. The predicted octanol–water partition coefficient (Wildman–Crippen LogP) is 3.83. The van der Waals surface area contributed by atoms with Gasteiger partial charge in [-0.15, -0.1) is 0 Å². The summed E-state index contributed by atoms with van der Waals surface area (Å²) in [4.78, 5) is 48.8. The van der Waals surface area contributed by atoms with Gasteiger partial charge in [-0.05, 0) is 70.5 Å². The summed E-state index contributed by atoms with van der Waals surface area (Å²) in [5.41, 5.74) is 18.2. The third-order valence-corrected chi connectivity index (χ3v) is 9.19. The smallest absolute Gasteiger partial charge is 0.276 e. The molecule has 17 heteroatoms. The van der Waals surface area contributed by atoms with Crippen LogP contribution in [0.2, 0.25) is 0 Å². The van der Waals surface area contributed by atoms with Crippen LogP contribution in [0.5, 0.6) is 11.5 Å². The van der Waals surface area contributed by atoms with Crippen LogP contribution in [0.4, 0.5) is 11.9 Å². The van der Waals surface area contributed by atoms with Crippen molar-refractivity contribution in [3.8, 4) is 11.5 Å². The molecule has 0 saturated carbocycles. The van der Waals surface area contributed by atoms with Gasteiger partial charge in [-0.3, -0.25) is 34.4 Å². The zero-order valence-electron chi connectivity index (χ0n) is 30.8. The standard InChI is InChI=1S/C37H42N12O5/c1-6-48-27(15-21(4)44-48)34(51)42-36-40-25-17-23(33(39)50)14-20(3)29(25)46(36)10-8-9-11-47-30-26(18-24(19-38)31-32(30)54-13-12-53-31)41-37(47)43-35(52)28-16-22(5)45-49(28)7-2/h8-9,14-18H,6-7,10-13,19,38H2,1-5H3,(H2,39,50)(H,40,42,51)(H,41,43,52)/b9-8+. The number of imidazole rings is 2. The van der Waals surface area contributed by atoms with E-state index in [1.165, 1.54) is 0 Å². The van der Waals surface area contributed by atoms with E-state index in [0.717, 1.165) is 22.3 Å². The third kappa shape index (κ3) is 6.53. The van der Waals surface area contributed by atoms with Gasteiger partial charge in [0.2, 0.25) is 17.8 Å². The predicted molar refractivity (Wildman–Crippen MR) is 202 cm³/mol. The highest BCUT2D eigenvalue weighted by molar-refractivity contribution is 6.04. The van der Waals surface area contributed by atoms with Gasteiger partial charge in [-0.2, -0.15) is 10.2 Å². The number of aromatic nitrogens is 8. The van der Waals surface area contributed by atoms with Crippen LogP contribution >= 0.6 is 0 Å². The van der Waals surface area contributed by atoms with Crippen LogP contribution in [-0.2, 0) is 32.7 Å². The molecule has 280 valence electrons. The van der Waals surface area contributed by atoms with Crippen LogP contribution in [0.25, 0.3) is 22.1 Å². The molecule has 0 saturated heterocycles. The number of benzene rings is 2. The van der Waals surface area contributed by atoms with Gasteiger partial charge in [0, 0.05) is 43.9 Å². The van der Waals surface area contributed by atoms with Crippen molar-refractivity contribution >= 4 is 51.7 Å². The number of carbonyl (C=O) groups excluding carboxylic acids is 3. The maximum absolute atomic E-state index is 13.6. The Hall–Kier alpha value is -6.49. The van der Waals surface area contributed by atoms with Crippen molar-refractivity contribution in [2.75, 3.05) is 23.8 Å². The number of nitrogens with one attached hydrogen (secondary N) is 2. The van der Waals surface area contributed by atoms with Crippen LogP contribution in [0.15, 0.2) is 42.5 Å². The lowest BCUT2D eigenvalue weighted by Crippen LogP contribution is -2.20. The fourth-order valence-corrected chi connectivity index (χ4v) is 6.82. The lowest BCUT2D eigenvalue weighted by atomic mass is 10.1. The Morgan fingerprint density at radius 2 is 1.28 bits per heavy atom. The molecule has 6 aromatic rings. The van der Waals surface area contributed by atoms with Crippen LogP contribution in [0.3, 0.4) is 0 Å². The molecule has 0 spiro atoms. The van der Waals surface area contributed by atoms with E-state index in [1.54, 1.807) is 33.6 Å². The van der Waals surface area contributed by atoms with E-state index in [4.69, 9.17) is 30.9 Å². The molecule has 0 unspecified atom stereocenters. The Balaban J connectivity index is 1.26. The van der Waals surface area contributed by atoms with Crippen molar-refractivity contribution in [1.82, 2.24) is 38.7 Å².